The number of nitriles is 1. The van der Waals surface area contributed by atoms with Gasteiger partial charge in [-0.3, -0.25) is 4.79 Å². The fourth-order valence-electron chi connectivity index (χ4n) is 1.94. The van der Waals surface area contributed by atoms with Gasteiger partial charge in [0.1, 0.15) is 25.8 Å². The normalized spacial score (nSPS) is 10.8. The zero-order valence-electron chi connectivity index (χ0n) is 13.5. The van der Waals surface area contributed by atoms with Crippen molar-refractivity contribution in [2.45, 2.75) is 4.90 Å². The molecule has 7 nitrogen and oxygen atoms in total. The van der Waals surface area contributed by atoms with Crippen molar-refractivity contribution in [1.29, 1.82) is 5.26 Å². The number of rotatable bonds is 8. The van der Waals surface area contributed by atoms with E-state index in [2.05, 4.69) is 4.72 Å². The summed E-state index contributed by atoms with van der Waals surface area (Å²) in [7, 11) is -4.03. The third-order valence-electron chi connectivity index (χ3n) is 3.14. The van der Waals surface area contributed by atoms with Crippen LogP contribution in [-0.2, 0) is 19.6 Å². The molecular weight excluding hydrogens is 363 g/mol. The first-order valence-corrected chi connectivity index (χ1v) is 8.94. The van der Waals surface area contributed by atoms with Gasteiger partial charge in [-0.2, -0.15) is 9.98 Å². The number of para-hydroxylation sites is 1. The third kappa shape index (κ3) is 5.27. The lowest BCUT2D eigenvalue weighted by Crippen LogP contribution is -2.31. The van der Waals surface area contributed by atoms with Crippen molar-refractivity contribution in [1.82, 2.24) is 4.72 Å². The molecule has 0 bridgehead atoms. The maximum Gasteiger partial charge on any atom is 0.321 e. The number of esters is 1. The van der Waals surface area contributed by atoms with Crippen molar-refractivity contribution < 1.29 is 27.1 Å². The first-order valence-electron chi connectivity index (χ1n) is 7.46. The second kappa shape index (κ2) is 8.94. The van der Waals surface area contributed by atoms with Crippen LogP contribution < -0.4 is 9.46 Å². The molecule has 0 aromatic heterocycles. The molecule has 2 aromatic rings. The van der Waals surface area contributed by atoms with Gasteiger partial charge in [-0.1, -0.05) is 24.3 Å². The summed E-state index contributed by atoms with van der Waals surface area (Å²) in [6, 6.07) is 13.1. The van der Waals surface area contributed by atoms with E-state index < -0.39 is 28.4 Å². The Labute approximate surface area is 150 Å². The molecule has 2 rings (SSSR count). The number of sulfonamides is 1. The van der Waals surface area contributed by atoms with Gasteiger partial charge in [0.15, 0.2) is 11.6 Å². The average Bonchev–Trinajstić information content (AvgIpc) is 2.65. The second-order valence-electron chi connectivity index (χ2n) is 4.93. The quantitative estimate of drug-likeness (QED) is 0.552. The van der Waals surface area contributed by atoms with Crippen LogP contribution in [0.1, 0.15) is 5.56 Å². The highest BCUT2D eigenvalue weighted by molar-refractivity contribution is 7.89. The molecule has 9 heteroatoms. The van der Waals surface area contributed by atoms with Crippen LogP contribution in [0.3, 0.4) is 0 Å². The molecule has 2 aromatic carbocycles. The molecule has 0 saturated carbocycles. The number of hydrogen-bond donors (Lipinski definition) is 1. The molecule has 0 atom stereocenters. The van der Waals surface area contributed by atoms with E-state index in [-0.39, 0.29) is 29.4 Å². The monoisotopic (exact) mass is 378 g/mol. The van der Waals surface area contributed by atoms with Gasteiger partial charge in [0, 0.05) is 0 Å². The summed E-state index contributed by atoms with van der Waals surface area (Å²) < 4.78 is 49.6. The number of nitrogens with zero attached hydrogens (tertiary/aromatic N) is 1. The fraction of sp³-hybridized carbons (Fsp3) is 0.176. The molecule has 0 fully saturated rings. The zero-order chi connectivity index (χ0) is 19.0. The summed E-state index contributed by atoms with van der Waals surface area (Å²) in [5, 5.41) is 8.94. The molecule has 26 heavy (non-hydrogen) atoms. The molecule has 0 spiro atoms. The molecule has 0 aliphatic heterocycles. The Morgan fingerprint density at radius 1 is 1.12 bits per heavy atom. The molecule has 0 unspecified atom stereocenters. The summed E-state index contributed by atoms with van der Waals surface area (Å²) in [6.45, 7) is -0.873. The van der Waals surface area contributed by atoms with E-state index in [1.54, 1.807) is 12.1 Å². The third-order valence-corrected chi connectivity index (χ3v) is 4.60. The number of benzene rings is 2. The van der Waals surface area contributed by atoms with Crippen LogP contribution in [0.25, 0.3) is 0 Å². The number of halogens is 1. The summed E-state index contributed by atoms with van der Waals surface area (Å²) >= 11 is 0. The Balaban J connectivity index is 1.80. The van der Waals surface area contributed by atoms with Crippen molar-refractivity contribution >= 4 is 16.0 Å². The number of carbonyl (C=O) groups excluding carboxylic acids is 1. The molecule has 0 amide bonds. The molecule has 0 saturated heterocycles. The first kappa shape index (κ1) is 19.4. The van der Waals surface area contributed by atoms with Gasteiger partial charge in [0.2, 0.25) is 10.0 Å². The van der Waals surface area contributed by atoms with Gasteiger partial charge < -0.3 is 9.47 Å². The van der Waals surface area contributed by atoms with Gasteiger partial charge in [0.05, 0.1) is 10.5 Å². The predicted molar refractivity (Wildman–Crippen MR) is 89.2 cm³/mol. The Kier molecular flexibility index (Phi) is 6.66. The standard InChI is InChI=1S/C17H15FN2O5S/c18-14-6-2-3-7-15(14)24-9-10-25-17(21)12-20-26(22,23)16-8-4-1-5-13(16)11-19/h1-8,20H,9-10,12H2. The van der Waals surface area contributed by atoms with Gasteiger partial charge in [-0.15, -0.1) is 0 Å². The molecule has 0 heterocycles. The van der Waals surface area contributed by atoms with E-state index in [9.17, 15) is 17.6 Å². The van der Waals surface area contributed by atoms with E-state index in [0.29, 0.717) is 0 Å². The highest BCUT2D eigenvalue weighted by Gasteiger charge is 2.19. The van der Waals surface area contributed by atoms with E-state index in [4.69, 9.17) is 14.7 Å². The zero-order valence-corrected chi connectivity index (χ0v) is 14.3. The minimum atomic E-state index is -4.03. The Morgan fingerprint density at radius 2 is 1.81 bits per heavy atom. The van der Waals surface area contributed by atoms with Crippen LogP contribution in [-0.4, -0.2) is 34.1 Å². The van der Waals surface area contributed by atoms with Gasteiger partial charge >= 0.3 is 5.97 Å². The number of ether oxygens (including phenoxy) is 2. The maximum absolute atomic E-state index is 13.3. The van der Waals surface area contributed by atoms with Crippen molar-refractivity contribution in [3.8, 4) is 11.8 Å². The van der Waals surface area contributed by atoms with Gasteiger partial charge in [-0.05, 0) is 24.3 Å². The first-order chi connectivity index (χ1) is 12.4. The molecule has 0 aliphatic carbocycles. The summed E-state index contributed by atoms with van der Waals surface area (Å²) in [5.41, 5.74) is -0.0355. The molecule has 0 aliphatic rings. The highest BCUT2D eigenvalue weighted by atomic mass is 32.2. The number of carbonyl (C=O) groups is 1. The summed E-state index contributed by atoms with van der Waals surface area (Å²) in [5.74, 6) is -1.35. The van der Waals surface area contributed by atoms with Crippen LogP contribution in [0.5, 0.6) is 5.75 Å². The Morgan fingerprint density at radius 3 is 2.54 bits per heavy atom. The minimum Gasteiger partial charge on any atom is -0.487 e. The van der Waals surface area contributed by atoms with Crippen molar-refractivity contribution in [2.24, 2.45) is 0 Å². The van der Waals surface area contributed by atoms with Crippen LogP contribution >= 0.6 is 0 Å². The highest BCUT2D eigenvalue weighted by Crippen LogP contribution is 2.15. The predicted octanol–water partition coefficient (Wildman–Crippen LogP) is 1.60. The van der Waals surface area contributed by atoms with E-state index in [0.717, 1.165) is 0 Å². The smallest absolute Gasteiger partial charge is 0.321 e. The topological polar surface area (TPSA) is 105 Å². The second-order valence-corrected chi connectivity index (χ2v) is 6.67. The number of nitrogens with one attached hydrogen (secondary N) is 1. The van der Waals surface area contributed by atoms with Crippen LogP contribution in [0.15, 0.2) is 53.4 Å². The molecular formula is C17H15FN2O5S. The van der Waals surface area contributed by atoms with Crippen molar-refractivity contribution in [3.63, 3.8) is 0 Å². The SMILES string of the molecule is N#Cc1ccccc1S(=O)(=O)NCC(=O)OCCOc1ccccc1F. The van der Waals surface area contributed by atoms with Crippen molar-refractivity contribution in [3.05, 3.63) is 59.9 Å². The molecule has 1 N–H and O–H groups in total. The lowest BCUT2D eigenvalue weighted by Gasteiger charge is -2.09. The van der Waals surface area contributed by atoms with Crippen LogP contribution in [0, 0.1) is 17.1 Å². The molecule has 0 radical (unpaired) electrons. The van der Waals surface area contributed by atoms with Gasteiger partial charge in [-0.25, -0.2) is 12.8 Å². The fourth-order valence-corrected chi connectivity index (χ4v) is 3.07. The van der Waals surface area contributed by atoms with Gasteiger partial charge in [0.25, 0.3) is 0 Å². The Hall–Kier alpha value is -2.96. The van der Waals surface area contributed by atoms with E-state index >= 15 is 0 Å². The van der Waals surface area contributed by atoms with E-state index in [1.807, 2.05) is 0 Å². The summed E-state index contributed by atoms with van der Waals surface area (Å²) in [4.78, 5) is 11.4. The van der Waals surface area contributed by atoms with E-state index in [1.165, 1.54) is 42.5 Å². The maximum atomic E-state index is 13.3. The molecule has 136 valence electrons. The lowest BCUT2D eigenvalue weighted by atomic mass is 10.2. The Bertz CT molecular complexity index is 925. The summed E-state index contributed by atoms with van der Waals surface area (Å²) in [6.07, 6.45) is 0. The largest absolute Gasteiger partial charge is 0.487 e. The lowest BCUT2D eigenvalue weighted by molar-refractivity contribution is -0.142. The van der Waals surface area contributed by atoms with Crippen molar-refractivity contribution in [2.75, 3.05) is 19.8 Å². The average molecular weight is 378 g/mol. The number of hydrogen-bond acceptors (Lipinski definition) is 6. The minimum absolute atomic E-state index is 0.0253. The van der Waals surface area contributed by atoms with Crippen LogP contribution in [0.2, 0.25) is 0 Å². The van der Waals surface area contributed by atoms with Crippen LogP contribution in [0.4, 0.5) is 4.39 Å².